The Balaban J connectivity index is 2.38. The van der Waals surface area contributed by atoms with Gasteiger partial charge < -0.3 is 10.1 Å². The smallest absolute Gasteiger partial charge is 0.407 e. The summed E-state index contributed by atoms with van der Waals surface area (Å²) < 4.78 is 5.03. The molecule has 0 radical (unpaired) electrons. The summed E-state index contributed by atoms with van der Waals surface area (Å²) in [6, 6.07) is 2.07. The molecule has 1 amide bonds. The summed E-state index contributed by atoms with van der Waals surface area (Å²) in [5, 5.41) is 11.4. The van der Waals surface area contributed by atoms with Crippen molar-refractivity contribution in [2.24, 2.45) is 5.41 Å². The molecule has 0 aliphatic heterocycles. The van der Waals surface area contributed by atoms with Gasteiger partial charge in [0.2, 0.25) is 0 Å². The van der Waals surface area contributed by atoms with Gasteiger partial charge in [0.05, 0.1) is 11.5 Å². The van der Waals surface area contributed by atoms with Crippen LogP contribution in [0.2, 0.25) is 0 Å². The molecule has 0 spiro atoms. The maximum absolute atomic E-state index is 11.3. The summed E-state index contributed by atoms with van der Waals surface area (Å²) in [6.45, 7) is 5.46. The van der Waals surface area contributed by atoms with Crippen LogP contribution < -0.4 is 5.32 Å². The standard InChI is InChI=1S/C11H16N2O3/c1-10(2,3)16-9(15)13-7-11(6-12)4-8(14)5-11/h4-5,7H2,1-3H3,(H,13,15). The molecule has 0 unspecified atom stereocenters. The van der Waals surface area contributed by atoms with E-state index in [4.69, 9.17) is 10.00 Å². The van der Waals surface area contributed by atoms with Gasteiger partial charge in [-0.2, -0.15) is 5.26 Å². The van der Waals surface area contributed by atoms with E-state index in [2.05, 4.69) is 11.4 Å². The van der Waals surface area contributed by atoms with Gasteiger partial charge in [-0.15, -0.1) is 0 Å². The summed E-state index contributed by atoms with van der Waals surface area (Å²) in [7, 11) is 0. The molecule has 1 rings (SSSR count). The van der Waals surface area contributed by atoms with Crippen molar-refractivity contribution in [3.05, 3.63) is 0 Å². The van der Waals surface area contributed by atoms with E-state index in [0.29, 0.717) is 0 Å². The van der Waals surface area contributed by atoms with Crippen LogP contribution in [-0.4, -0.2) is 24.0 Å². The number of carbonyl (C=O) groups is 2. The molecule has 5 nitrogen and oxygen atoms in total. The highest BCUT2D eigenvalue weighted by Crippen LogP contribution is 2.36. The fraction of sp³-hybridized carbons (Fsp3) is 0.727. The number of nitrogens with one attached hydrogen (secondary N) is 1. The summed E-state index contributed by atoms with van der Waals surface area (Å²) in [4.78, 5) is 22.2. The van der Waals surface area contributed by atoms with E-state index in [1.165, 1.54) is 0 Å². The molecule has 16 heavy (non-hydrogen) atoms. The number of hydrogen-bond acceptors (Lipinski definition) is 4. The number of ketones is 1. The van der Waals surface area contributed by atoms with Crippen LogP contribution in [0.1, 0.15) is 33.6 Å². The van der Waals surface area contributed by atoms with Gasteiger partial charge >= 0.3 is 6.09 Å². The molecular formula is C11H16N2O3. The number of alkyl carbamates (subject to hydrolysis) is 1. The van der Waals surface area contributed by atoms with E-state index in [9.17, 15) is 9.59 Å². The van der Waals surface area contributed by atoms with Crippen molar-refractivity contribution in [1.29, 1.82) is 5.26 Å². The number of ether oxygens (including phenoxy) is 1. The van der Waals surface area contributed by atoms with Crippen molar-refractivity contribution >= 4 is 11.9 Å². The number of Topliss-reactive ketones (excluding diaryl/α,β-unsaturated/α-hetero) is 1. The van der Waals surface area contributed by atoms with Crippen LogP contribution in [0.5, 0.6) is 0 Å². The first-order chi connectivity index (χ1) is 7.26. The molecular weight excluding hydrogens is 208 g/mol. The van der Waals surface area contributed by atoms with Crippen molar-refractivity contribution in [1.82, 2.24) is 5.32 Å². The van der Waals surface area contributed by atoms with Crippen LogP contribution in [0.4, 0.5) is 4.79 Å². The van der Waals surface area contributed by atoms with E-state index >= 15 is 0 Å². The largest absolute Gasteiger partial charge is 0.444 e. The molecule has 0 aromatic heterocycles. The minimum atomic E-state index is -0.714. The Labute approximate surface area is 94.8 Å². The molecule has 1 aliphatic carbocycles. The Kier molecular flexibility index (Phi) is 3.22. The number of amides is 1. The SMILES string of the molecule is CC(C)(C)OC(=O)NCC1(C#N)CC(=O)C1. The molecule has 1 fully saturated rings. The third-order valence-corrected chi connectivity index (χ3v) is 2.28. The third-order valence-electron chi connectivity index (χ3n) is 2.28. The molecule has 1 aliphatic rings. The van der Waals surface area contributed by atoms with Gasteiger partial charge in [-0.3, -0.25) is 4.79 Å². The molecule has 1 saturated carbocycles. The quantitative estimate of drug-likeness (QED) is 0.768. The van der Waals surface area contributed by atoms with Crippen molar-refractivity contribution < 1.29 is 14.3 Å². The lowest BCUT2D eigenvalue weighted by Gasteiger charge is -2.33. The molecule has 0 aromatic rings. The zero-order chi connectivity index (χ0) is 12.4. The van der Waals surface area contributed by atoms with Crippen LogP contribution in [0.25, 0.3) is 0 Å². The number of nitrogens with zero attached hydrogens (tertiary/aromatic N) is 1. The van der Waals surface area contributed by atoms with Gasteiger partial charge in [0, 0.05) is 19.4 Å². The number of nitriles is 1. The Morgan fingerprint density at radius 3 is 2.50 bits per heavy atom. The summed E-state index contributed by atoms with van der Waals surface area (Å²) in [5.41, 5.74) is -1.27. The maximum Gasteiger partial charge on any atom is 0.407 e. The molecule has 0 atom stereocenters. The summed E-state index contributed by atoms with van der Waals surface area (Å²) in [5.74, 6) is 0.0625. The van der Waals surface area contributed by atoms with Crippen molar-refractivity contribution in [3.8, 4) is 6.07 Å². The van der Waals surface area contributed by atoms with Gasteiger partial charge in [-0.1, -0.05) is 0 Å². The highest BCUT2D eigenvalue weighted by molar-refractivity contribution is 5.87. The van der Waals surface area contributed by atoms with E-state index in [-0.39, 0.29) is 25.2 Å². The average Bonchev–Trinajstić information content (AvgIpc) is 2.07. The molecule has 0 bridgehead atoms. The van der Waals surface area contributed by atoms with Crippen molar-refractivity contribution in [3.63, 3.8) is 0 Å². The van der Waals surface area contributed by atoms with Crippen molar-refractivity contribution in [2.45, 2.75) is 39.2 Å². The maximum atomic E-state index is 11.3. The minimum Gasteiger partial charge on any atom is -0.444 e. The van der Waals surface area contributed by atoms with Gasteiger partial charge in [0.25, 0.3) is 0 Å². The highest BCUT2D eigenvalue weighted by Gasteiger charge is 2.44. The second-order valence-electron chi connectivity index (χ2n) is 5.14. The van der Waals surface area contributed by atoms with Gasteiger partial charge in [0.1, 0.15) is 11.4 Å². The van der Waals surface area contributed by atoms with E-state index in [1.54, 1.807) is 20.8 Å². The first-order valence-electron chi connectivity index (χ1n) is 5.16. The monoisotopic (exact) mass is 224 g/mol. The molecule has 5 heteroatoms. The third kappa shape index (κ3) is 3.23. The van der Waals surface area contributed by atoms with Crippen LogP contribution in [0, 0.1) is 16.7 Å². The second kappa shape index (κ2) is 4.12. The van der Waals surface area contributed by atoms with Gasteiger partial charge in [0.15, 0.2) is 0 Å². The Morgan fingerprint density at radius 1 is 1.56 bits per heavy atom. The highest BCUT2D eigenvalue weighted by atomic mass is 16.6. The summed E-state index contributed by atoms with van der Waals surface area (Å²) >= 11 is 0. The Morgan fingerprint density at radius 2 is 2.12 bits per heavy atom. The first kappa shape index (κ1) is 12.5. The normalized spacial score (nSPS) is 18.2. The fourth-order valence-corrected chi connectivity index (χ4v) is 1.50. The predicted molar refractivity (Wildman–Crippen MR) is 56.5 cm³/mol. The lowest BCUT2D eigenvalue weighted by molar-refractivity contribution is -0.129. The minimum absolute atomic E-state index is 0.0625. The van der Waals surface area contributed by atoms with E-state index in [1.807, 2.05) is 0 Å². The summed E-state index contributed by atoms with van der Waals surface area (Å²) in [6.07, 6.45) is -0.111. The topological polar surface area (TPSA) is 79.2 Å². The second-order valence-corrected chi connectivity index (χ2v) is 5.14. The zero-order valence-corrected chi connectivity index (χ0v) is 9.79. The number of carbonyl (C=O) groups excluding carboxylic acids is 2. The van der Waals surface area contributed by atoms with Crippen LogP contribution in [-0.2, 0) is 9.53 Å². The molecule has 0 heterocycles. The number of rotatable bonds is 2. The van der Waals surface area contributed by atoms with E-state index < -0.39 is 17.1 Å². The molecule has 1 N–H and O–H groups in total. The van der Waals surface area contributed by atoms with Gasteiger partial charge in [-0.25, -0.2) is 4.79 Å². The number of hydrogen-bond donors (Lipinski definition) is 1. The predicted octanol–water partition coefficient (Wildman–Crippen LogP) is 1.38. The lowest BCUT2D eigenvalue weighted by Crippen LogP contribution is -2.46. The van der Waals surface area contributed by atoms with Crippen molar-refractivity contribution in [2.75, 3.05) is 6.54 Å². The molecule has 88 valence electrons. The van der Waals surface area contributed by atoms with Crippen LogP contribution in [0.3, 0.4) is 0 Å². The van der Waals surface area contributed by atoms with E-state index in [0.717, 1.165) is 0 Å². The van der Waals surface area contributed by atoms with Crippen LogP contribution in [0.15, 0.2) is 0 Å². The molecule has 0 aromatic carbocycles. The fourth-order valence-electron chi connectivity index (χ4n) is 1.50. The Bertz CT molecular complexity index is 341. The molecule has 0 saturated heterocycles. The average molecular weight is 224 g/mol. The zero-order valence-electron chi connectivity index (χ0n) is 9.79. The first-order valence-corrected chi connectivity index (χ1v) is 5.16. The van der Waals surface area contributed by atoms with Crippen LogP contribution >= 0.6 is 0 Å². The Hall–Kier alpha value is -1.57. The lowest BCUT2D eigenvalue weighted by atomic mass is 9.69. The van der Waals surface area contributed by atoms with Gasteiger partial charge in [-0.05, 0) is 20.8 Å².